The van der Waals surface area contributed by atoms with Crippen LogP contribution in [-0.4, -0.2) is 37.1 Å². The molecule has 1 N–H and O–H groups in total. The third-order valence-corrected chi connectivity index (χ3v) is 3.87. The zero-order chi connectivity index (χ0) is 11.2. The SMILES string of the molecule is OCC1CCC(OCCC2CCCO2)CC1. The Morgan fingerprint density at radius 3 is 2.56 bits per heavy atom. The summed E-state index contributed by atoms with van der Waals surface area (Å²) in [6.45, 7) is 2.13. The van der Waals surface area contributed by atoms with Gasteiger partial charge in [-0.1, -0.05) is 0 Å². The van der Waals surface area contributed by atoms with Gasteiger partial charge in [-0.15, -0.1) is 0 Å². The molecule has 16 heavy (non-hydrogen) atoms. The number of hydrogen-bond acceptors (Lipinski definition) is 3. The van der Waals surface area contributed by atoms with Gasteiger partial charge in [-0.2, -0.15) is 0 Å². The first-order valence-corrected chi connectivity index (χ1v) is 6.72. The van der Waals surface area contributed by atoms with Crippen molar-refractivity contribution < 1.29 is 14.6 Å². The fraction of sp³-hybridized carbons (Fsp3) is 1.00. The van der Waals surface area contributed by atoms with Crippen molar-refractivity contribution in [3.63, 3.8) is 0 Å². The van der Waals surface area contributed by atoms with Gasteiger partial charge in [0, 0.05) is 19.8 Å². The second-order valence-corrected chi connectivity index (χ2v) is 5.12. The lowest BCUT2D eigenvalue weighted by Crippen LogP contribution is -2.24. The molecule has 1 aliphatic carbocycles. The van der Waals surface area contributed by atoms with E-state index in [2.05, 4.69) is 0 Å². The van der Waals surface area contributed by atoms with E-state index in [1.54, 1.807) is 0 Å². The van der Waals surface area contributed by atoms with Crippen LogP contribution in [0.5, 0.6) is 0 Å². The van der Waals surface area contributed by atoms with E-state index in [1.165, 1.54) is 12.8 Å². The van der Waals surface area contributed by atoms with Crippen LogP contribution in [0.3, 0.4) is 0 Å². The van der Waals surface area contributed by atoms with Crippen molar-refractivity contribution in [3.05, 3.63) is 0 Å². The van der Waals surface area contributed by atoms with Gasteiger partial charge in [0.15, 0.2) is 0 Å². The zero-order valence-electron chi connectivity index (χ0n) is 10.1. The fourth-order valence-corrected chi connectivity index (χ4v) is 2.72. The smallest absolute Gasteiger partial charge is 0.0597 e. The Kier molecular flexibility index (Phi) is 5.07. The molecule has 2 fully saturated rings. The second-order valence-electron chi connectivity index (χ2n) is 5.12. The number of aliphatic hydroxyl groups is 1. The average molecular weight is 228 g/mol. The molecule has 0 amide bonds. The highest BCUT2D eigenvalue weighted by Gasteiger charge is 2.21. The molecule has 1 aliphatic heterocycles. The van der Waals surface area contributed by atoms with Gasteiger partial charge in [-0.05, 0) is 50.9 Å². The molecule has 94 valence electrons. The Morgan fingerprint density at radius 1 is 1.12 bits per heavy atom. The summed E-state index contributed by atoms with van der Waals surface area (Å²) in [6, 6.07) is 0. The minimum absolute atomic E-state index is 0.350. The van der Waals surface area contributed by atoms with Crippen molar-refractivity contribution in [2.75, 3.05) is 19.8 Å². The van der Waals surface area contributed by atoms with Gasteiger partial charge in [-0.3, -0.25) is 0 Å². The molecule has 1 heterocycles. The molecule has 1 unspecified atom stereocenters. The maximum absolute atomic E-state index is 9.04. The summed E-state index contributed by atoms with van der Waals surface area (Å²) in [4.78, 5) is 0. The third kappa shape index (κ3) is 3.72. The van der Waals surface area contributed by atoms with Crippen LogP contribution in [-0.2, 0) is 9.47 Å². The van der Waals surface area contributed by atoms with E-state index in [0.29, 0.717) is 24.7 Å². The van der Waals surface area contributed by atoms with Crippen LogP contribution in [0.25, 0.3) is 0 Å². The quantitative estimate of drug-likeness (QED) is 0.783. The van der Waals surface area contributed by atoms with Crippen LogP contribution in [0.2, 0.25) is 0 Å². The zero-order valence-corrected chi connectivity index (χ0v) is 10.1. The van der Waals surface area contributed by atoms with E-state index >= 15 is 0 Å². The first-order chi connectivity index (χ1) is 7.88. The average Bonchev–Trinajstić information content (AvgIpc) is 2.83. The van der Waals surface area contributed by atoms with Crippen molar-refractivity contribution in [1.29, 1.82) is 0 Å². The lowest BCUT2D eigenvalue weighted by molar-refractivity contribution is -0.00764. The molecular formula is C13H24O3. The Hall–Kier alpha value is -0.120. The van der Waals surface area contributed by atoms with E-state index in [4.69, 9.17) is 14.6 Å². The van der Waals surface area contributed by atoms with Gasteiger partial charge in [0.2, 0.25) is 0 Å². The van der Waals surface area contributed by atoms with Crippen LogP contribution in [0.15, 0.2) is 0 Å². The fourth-order valence-electron chi connectivity index (χ4n) is 2.72. The number of rotatable bonds is 5. The lowest BCUT2D eigenvalue weighted by atomic mass is 9.88. The van der Waals surface area contributed by atoms with Crippen molar-refractivity contribution in [3.8, 4) is 0 Å². The highest BCUT2D eigenvalue weighted by molar-refractivity contribution is 4.72. The summed E-state index contributed by atoms with van der Waals surface area (Å²) in [7, 11) is 0. The Labute approximate surface area is 98.1 Å². The standard InChI is InChI=1S/C13H24O3/c14-10-11-3-5-13(6-4-11)16-9-7-12-2-1-8-15-12/h11-14H,1-10H2. The summed E-state index contributed by atoms with van der Waals surface area (Å²) in [5, 5.41) is 9.04. The first-order valence-electron chi connectivity index (χ1n) is 6.72. The summed E-state index contributed by atoms with van der Waals surface area (Å²) in [6.07, 6.45) is 8.86. The monoisotopic (exact) mass is 228 g/mol. The van der Waals surface area contributed by atoms with Crippen LogP contribution in [0.1, 0.15) is 44.9 Å². The number of ether oxygens (including phenoxy) is 2. The summed E-state index contributed by atoms with van der Waals surface area (Å²) < 4.78 is 11.4. The summed E-state index contributed by atoms with van der Waals surface area (Å²) in [5.41, 5.74) is 0. The molecule has 1 saturated carbocycles. The summed E-state index contributed by atoms with van der Waals surface area (Å²) >= 11 is 0. The largest absolute Gasteiger partial charge is 0.396 e. The van der Waals surface area contributed by atoms with Crippen LogP contribution >= 0.6 is 0 Å². The molecule has 0 spiro atoms. The van der Waals surface area contributed by atoms with Crippen molar-refractivity contribution in [2.45, 2.75) is 57.2 Å². The molecule has 3 nitrogen and oxygen atoms in total. The van der Waals surface area contributed by atoms with Gasteiger partial charge < -0.3 is 14.6 Å². The number of hydrogen-bond donors (Lipinski definition) is 1. The minimum atomic E-state index is 0.350. The minimum Gasteiger partial charge on any atom is -0.396 e. The second kappa shape index (κ2) is 6.58. The molecular weight excluding hydrogens is 204 g/mol. The molecule has 0 aromatic heterocycles. The normalized spacial score (nSPS) is 35.4. The molecule has 0 aromatic rings. The van der Waals surface area contributed by atoms with Gasteiger partial charge in [0.1, 0.15) is 0 Å². The Balaban J connectivity index is 1.53. The number of aliphatic hydroxyl groups excluding tert-OH is 1. The van der Waals surface area contributed by atoms with E-state index in [1.807, 2.05) is 0 Å². The van der Waals surface area contributed by atoms with E-state index < -0.39 is 0 Å². The van der Waals surface area contributed by atoms with E-state index in [0.717, 1.165) is 45.3 Å². The molecule has 0 aromatic carbocycles. The highest BCUT2D eigenvalue weighted by atomic mass is 16.5. The van der Waals surface area contributed by atoms with Gasteiger partial charge in [-0.25, -0.2) is 0 Å². The predicted molar refractivity (Wildman–Crippen MR) is 62.4 cm³/mol. The van der Waals surface area contributed by atoms with E-state index in [9.17, 15) is 0 Å². The van der Waals surface area contributed by atoms with Gasteiger partial charge in [0.05, 0.1) is 12.2 Å². The molecule has 0 bridgehead atoms. The topological polar surface area (TPSA) is 38.7 Å². The highest BCUT2D eigenvalue weighted by Crippen LogP contribution is 2.26. The molecule has 1 saturated heterocycles. The van der Waals surface area contributed by atoms with E-state index in [-0.39, 0.29) is 0 Å². The molecule has 0 radical (unpaired) electrons. The van der Waals surface area contributed by atoms with Gasteiger partial charge >= 0.3 is 0 Å². The lowest BCUT2D eigenvalue weighted by Gasteiger charge is -2.27. The molecule has 3 heteroatoms. The predicted octanol–water partition coefficient (Wildman–Crippen LogP) is 2.12. The van der Waals surface area contributed by atoms with Crippen LogP contribution in [0.4, 0.5) is 0 Å². The van der Waals surface area contributed by atoms with Crippen molar-refractivity contribution >= 4 is 0 Å². The Bertz CT molecular complexity index is 182. The van der Waals surface area contributed by atoms with Crippen LogP contribution in [0, 0.1) is 5.92 Å². The van der Waals surface area contributed by atoms with Crippen LogP contribution < -0.4 is 0 Å². The Morgan fingerprint density at radius 2 is 1.94 bits per heavy atom. The first kappa shape index (κ1) is 12.3. The molecule has 1 atom stereocenters. The maximum Gasteiger partial charge on any atom is 0.0597 e. The molecule has 2 rings (SSSR count). The van der Waals surface area contributed by atoms with Crippen molar-refractivity contribution in [1.82, 2.24) is 0 Å². The van der Waals surface area contributed by atoms with Crippen molar-refractivity contribution in [2.24, 2.45) is 5.92 Å². The van der Waals surface area contributed by atoms with Gasteiger partial charge in [0.25, 0.3) is 0 Å². The maximum atomic E-state index is 9.04. The molecule has 2 aliphatic rings. The summed E-state index contributed by atoms with van der Waals surface area (Å²) in [5.74, 6) is 0.526. The third-order valence-electron chi connectivity index (χ3n) is 3.87.